The van der Waals surface area contributed by atoms with E-state index in [1.807, 2.05) is 18.2 Å². The lowest BCUT2D eigenvalue weighted by Crippen LogP contribution is -2.55. The largest absolute Gasteiger partial charge is 0.496 e. The summed E-state index contributed by atoms with van der Waals surface area (Å²) in [6.45, 7) is 0.454. The number of hydrogen-bond acceptors (Lipinski definition) is 6. The lowest BCUT2D eigenvalue weighted by molar-refractivity contribution is -0.141. The van der Waals surface area contributed by atoms with E-state index in [-0.39, 0.29) is 41.9 Å². The second-order valence-corrected chi connectivity index (χ2v) is 11.8. The highest BCUT2D eigenvalue weighted by molar-refractivity contribution is 6.38. The molecule has 5 atom stereocenters. The first-order valence-electron chi connectivity index (χ1n) is 14.5. The molecule has 10 heteroatoms. The van der Waals surface area contributed by atoms with E-state index in [1.54, 1.807) is 18.1 Å². The third-order valence-corrected chi connectivity index (χ3v) is 9.22. The average molecular weight is 549 g/mol. The lowest BCUT2D eigenvalue weighted by atomic mass is 9.91. The standard InChI is InChI=1S/C30H36N4O6/c1-40-25-10-4-8-21-20(25)14-23(32-21)30(39)34-15-17-6-2-7-19(17)26(34)28(37)33-22(13-16-5-3-9-24(16)35)27(36)29(38)31-18-11-12-18/h4,8,10,14,16-19,22,26,32H,2-3,5-7,9,11-13,15H2,1H3,(H,31,38)(H,33,37)/t16-,17-,19-,22-,26-/m0/s1. The van der Waals surface area contributed by atoms with Gasteiger partial charge in [0.2, 0.25) is 11.7 Å². The smallest absolute Gasteiger partial charge is 0.289 e. The Kier molecular flexibility index (Phi) is 7.10. The molecule has 1 aromatic heterocycles. The van der Waals surface area contributed by atoms with Crippen molar-refractivity contribution < 1.29 is 28.7 Å². The summed E-state index contributed by atoms with van der Waals surface area (Å²) in [7, 11) is 1.58. The van der Waals surface area contributed by atoms with Crippen molar-refractivity contribution in [3.63, 3.8) is 0 Å². The molecule has 40 heavy (non-hydrogen) atoms. The van der Waals surface area contributed by atoms with Crippen LogP contribution in [0.4, 0.5) is 0 Å². The van der Waals surface area contributed by atoms with Crippen LogP contribution >= 0.6 is 0 Å². The number of fused-ring (bicyclic) bond motifs is 2. The molecular weight excluding hydrogens is 512 g/mol. The first kappa shape index (κ1) is 26.5. The van der Waals surface area contributed by atoms with Gasteiger partial charge in [0.15, 0.2) is 0 Å². The van der Waals surface area contributed by atoms with Crippen molar-refractivity contribution in [1.82, 2.24) is 20.5 Å². The van der Waals surface area contributed by atoms with Gasteiger partial charge >= 0.3 is 0 Å². The number of amides is 3. The zero-order chi connectivity index (χ0) is 28.0. The number of ketones is 2. The SMILES string of the molecule is COc1cccc2[nH]c(C(=O)N3C[C@@H]4CCC[C@@H]4[C@H]3C(=O)N[C@@H](C[C@@H]3CCCC3=O)C(=O)C(=O)NC3CC3)cc12. The van der Waals surface area contributed by atoms with Crippen LogP contribution in [0.25, 0.3) is 10.9 Å². The van der Waals surface area contributed by atoms with Crippen molar-refractivity contribution in [3.05, 3.63) is 30.0 Å². The number of Topliss-reactive ketones (excluding diaryl/α,β-unsaturated/α-hetero) is 2. The van der Waals surface area contributed by atoms with Gasteiger partial charge in [-0.05, 0) is 75.0 Å². The number of H-pyrrole nitrogens is 1. The number of methoxy groups -OCH3 is 1. The van der Waals surface area contributed by atoms with Gasteiger partial charge in [-0.2, -0.15) is 0 Å². The predicted octanol–water partition coefficient (Wildman–Crippen LogP) is 2.51. The quantitative estimate of drug-likeness (QED) is 0.412. The van der Waals surface area contributed by atoms with Crippen LogP contribution in [0, 0.1) is 17.8 Å². The Bertz CT molecular complexity index is 1360. The van der Waals surface area contributed by atoms with E-state index >= 15 is 0 Å². The minimum atomic E-state index is -1.10. The van der Waals surface area contributed by atoms with Crippen molar-refractivity contribution in [2.75, 3.05) is 13.7 Å². The molecule has 0 unspecified atom stereocenters. The highest BCUT2D eigenvalue weighted by Gasteiger charge is 2.50. The number of aromatic nitrogens is 1. The fourth-order valence-electron chi connectivity index (χ4n) is 6.98. The highest BCUT2D eigenvalue weighted by Crippen LogP contribution is 2.43. The minimum Gasteiger partial charge on any atom is -0.496 e. The van der Waals surface area contributed by atoms with Gasteiger partial charge in [0.05, 0.1) is 13.2 Å². The molecule has 2 heterocycles. The van der Waals surface area contributed by atoms with Crippen molar-refractivity contribution in [2.24, 2.45) is 17.8 Å². The number of hydrogen-bond donors (Lipinski definition) is 3. The number of nitrogens with one attached hydrogen (secondary N) is 3. The molecular formula is C30H36N4O6. The van der Waals surface area contributed by atoms with E-state index < -0.39 is 29.7 Å². The second-order valence-electron chi connectivity index (χ2n) is 11.8. The summed E-state index contributed by atoms with van der Waals surface area (Å²) in [6, 6.07) is 5.42. The van der Waals surface area contributed by atoms with Crippen molar-refractivity contribution in [1.29, 1.82) is 0 Å². The molecule has 3 aliphatic carbocycles. The molecule has 1 aromatic carbocycles. The summed E-state index contributed by atoms with van der Waals surface area (Å²) >= 11 is 0. The number of ether oxygens (including phenoxy) is 1. The summed E-state index contributed by atoms with van der Waals surface area (Å²) in [5.74, 6) is -1.62. The molecule has 1 aliphatic heterocycles. The number of carbonyl (C=O) groups is 5. The molecule has 3 saturated carbocycles. The number of aromatic amines is 1. The molecule has 2 aromatic rings. The van der Waals surface area contributed by atoms with Gasteiger partial charge in [0.25, 0.3) is 11.8 Å². The van der Waals surface area contributed by atoms with Crippen LogP contribution < -0.4 is 15.4 Å². The van der Waals surface area contributed by atoms with Crippen molar-refractivity contribution in [2.45, 2.75) is 75.9 Å². The van der Waals surface area contributed by atoms with E-state index in [0.717, 1.165) is 49.4 Å². The Labute approximate surface area is 232 Å². The summed E-state index contributed by atoms with van der Waals surface area (Å²) < 4.78 is 5.44. The molecule has 4 aliphatic rings. The van der Waals surface area contributed by atoms with Gasteiger partial charge in [0.1, 0.15) is 23.3 Å². The molecule has 0 radical (unpaired) electrons. The van der Waals surface area contributed by atoms with Crippen LogP contribution in [0.5, 0.6) is 5.75 Å². The first-order valence-corrected chi connectivity index (χ1v) is 14.5. The lowest BCUT2D eigenvalue weighted by Gasteiger charge is -2.29. The van der Waals surface area contributed by atoms with E-state index in [4.69, 9.17) is 4.74 Å². The highest BCUT2D eigenvalue weighted by atomic mass is 16.5. The maximum atomic E-state index is 13.9. The van der Waals surface area contributed by atoms with Crippen molar-refractivity contribution >= 4 is 40.2 Å². The van der Waals surface area contributed by atoms with E-state index in [0.29, 0.717) is 30.8 Å². The Morgan fingerprint density at radius 1 is 1.10 bits per heavy atom. The molecule has 6 rings (SSSR count). The Balaban J connectivity index is 1.25. The van der Waals surface area contributed by atoms with E-state index in [9.17, 15) is 24.0 Å². The summed E-state index contributed by atoms with van der Waals surface area (Å²) in [4.78, 5) is 70.9. The van der Waals surface area contributed by atoms with Gasteiger partial charge in [-0.1, -0.05) is 12.5 Å². The molecule has 4 fully saturated rings. The average Bonchev–Trinajstić information content (AvgIpc) is 3.30. The minimum absolute atomic E-state index is 0.00182. The summed E-state index contributed by atoms with van der Waals surface area (Å²) in [5.41, 5.74) is 1.13. The van der Waals surface area contributed by atoms with Crippen LogP contribution in [0.15, 0.2) is 24.3 Å². The molecule has 1 saturated heterocycles. The van der Waals surface area contributed by atoms with Gasteiger partial charge in [-0.3, -0.25) is 24.0 Å². The molecule has 3 amide bonds. The Hall–Kier alpha value is -3.69. The maximum Gasteiger partial charge on any atom is 0.289 e. The zero-order valence-corrected chi connectivity index (χ0v) is 22.7. The van der Waals surface area contributed by atoms with Gasteiger partial charge in [-0.15, -0.1) is 0 Å². The maximum absolute atomic E-state index is 13.9. The second kappa shape index (κ2) is 10.7. The fraction of sp³-hybridized carbons (Fsp3) is 0.567. The number of carbonyl (C=O) groups excluding carboxylic acids is 5. The van der Waals surface area contributed by atoms with Crippen LogP contribution in [0.1, 0.15) is 68.3 Å². The van der Waals surface area contributed by atoms with Gasteiger partial charge < -0.3 is 25.3 Å². The number of benzene rings is 1. The van der Waals surface area contributed by atoms with Crippen LogP contribution in [-0.4, -0.2) is 71.0 Å². The monoisotopic (exact) mass is 548 g/mol. The molecule has 0 bridgehead atoms. The predicted molar refractivity (Wildman–Crippen MR) is 146 cm³/mol. The van der Waals surface area contributed by atoms with E-state index in [2.05, 4.69) is 15.6 Å². The Morgan fingerprint density at radius 3 is 2.65 bits per heavy atom. The number of likely N-dealkylation sites (tertiary alicyclic amines) is 1. The first-order chi connectivity index (χ1) is 19.3. The van der Waals surface area contributed by atoms with Crippen LogP contribution in [0.2, 0.25) is 0 Å². The van der Waals surface area contributed by atoms with Crippen LogP contribution in [-0.2, 0) is 19.2 Å². The number of nitrogens with zero attached hydrogens (tertiary/aromatic N) is 1. The molecule has 3 N–H and O–H groups in total. The fourth-order valence-corrected chi connectivity index (χ4v) is 6.98. The molecule has 0 spiro atoms. The topological polar surface area (TPSA) is 138 Å². The summed E-state index contributed by atoms with van der Waals surface area (Å²) in [5, 5.41) is 6.35. The normalized spacial score (nSPS) is 26.5. The summed E-state index contributed by atoms with van der Waals surface area (Å²) in [6.07, 6.45) is 6.35. The van der Waals surface area contributed by atoms with Gasteiger partial charge in [0, 0.05) is 35.8 Å². The van der Waals surface area contributed by atoms with Gasteiger partial charge in [-0.25, -0.2) is 0 Å². The van der Waals surface area contributed by atoms with E-state index in [1.165, 1.54) is 0 Å². The Morgan fingerprint density at radius 2 is 1.93 bits per heavy atom. The van der Waals surface area contributed by atoms with Crippen LogP contribution in [0.3, 0.4) is 0 Å². The molecule has 212 valence electrons. The molecule has 10 nitrogen and oxygen atoms in total. The number of rotatable bonds is 9. The van der Waals surface area contributed by atoms with Crippen molar-refractivity contribution in [3.8, 4) is 5.75 Å². The zero-order valence-electron chi connectivity index (χ0n) is 22.7. The third-order valence-electron chi connectivity index (χ3n) is 9.22. The third kappa shape index (κ3) is 4.99.